The number of methoxy groups -OCH3 is 1. The molecular weight excluding hydrogens is 426 g/mol. The normalized spacial score (nSPS) is 18.7. The van der Waals surface area contributed by atoms with Gasteiger partial charge in [0.15, 0.2) is 5.65 Å². The van der Waals surface area contributed by atoms with Crippen LogP contribution in [-0.4, -0.2) is 45.2 Å². The Kier molecular flexibility index (Phi) is 6.13. The SMILES string of the molecule is COC(=O)CNC1CCC(c2ccc3[nH]c(-c4cc(C)c5ncnn5c4)c(C(C)C)c3c2)CC1. The van der Waals surface area contributed by atoms with Gasteiger partial charge in [-0.3, -0.25) is 4.79 Å². The van der Waals surface area contributed by atoms with E-state index >= 15 is 0 Å². The van der Waals surface area contributed by atoms with E-state index in [0.29, 0.717) is 24.4 Å². The number of ether oxygens (including phenoxy) is 1. The van der Waals surface area contributed by atoms with Crippen LogP contribution in [0, 0.1) is 6.92 Å². The summed E-state index contributed by atoms with van der Waals surface area (Å²) in [4.78, 5) is 19.5. The number of hydrogen-bond donors (Lipinski definition) is 2. The molecule has 2 N–H and O–H groups in total. The van der Waals surface area contributed by atoms with E-state index in [1.54, 1.807) is 6.33 Å². The molecule has 178 valence electrons. The molecule has 0 bridgehead atoms. The zero-order valence-electron chi connectivity index (χ0n) is 20.4. The van der Waals surface area contributed by atoms with Gasteiger partial charge in [-0.15, -0.1) is 0 Å². The highest BCUT2D eigenvalue weighted by Crippen LogP contribution is 2.39. The maximum Gasteiger partial charge on any atom is 0.319 e. The smallest absolute Gasteiger partial charge is 0.319 e. The Labute approximate surface area is 199 Å². The van der Waals surface area contributed by atoms with Gasteiger partial charge < -0.3 is 15.0 Å². The highest BCUT2D eigenvalue weighted by molar-refractivity contribution is 5.92. The van der Waals surface area contributed by atoms with Gasteiger partial charge in [-0.25, -0.2) is 9.50 Å². The molecule has 0 unspecified atom stereocenters. The minimum Gasteiger partial charge on any atom is -0.468 e. The molecule has 1 saturated carbocycles. The molecule has 0 radical (unpaired) electrons. The van der Waals surface area contributed by atoms with Crippen molar-refractivity contribution in [3.8, 4) is 11.3 Å². The van der Waals surface area contributed by atoms with E-state index in [9.17, 15) is 4.79 Å². The lowest BCUT2D eigenvalue weighted by Crippen LogP contribution is -2.36. The van der Waals surface area contributed by atoms with Gasteiger partial charge in [-0.2, -0.15) is 5.10 Å². The highest BCUT2D eigenvalue weighted by atomic mass is 16.5. The lowest BCUT2D eigenvalue weighted by atomic mass is 9.81. The van der Waals surface area contributed by atoms with Crippen LogP contribution in [0.2, 0.25) is 0 Å². The second-order valence-electron chi connectivity index (χ2n) is 9.82. The van der Waals surface area contributed by atoms with Gasteiger partial charge >= 0.3 is 5.97 Å². The number of rotatable bonds is 6. The number of aryl methyl sites for hydroxylation is 1. The zero-order valence-corrected chi connectivity index (χ0v) is 20.4. The quantitative estimate of drug-likeness (QED) is 0.392. The number of benzene rings is 1. The summed E-state index contributed by atoms with van der Waals surface area (Å²) in [5, 5.41) is 9.02. The van der Waals surface area contributed by atoms with Gasteiger partial charge in [-0.1, -0.05) is 19.9 Å². The summed E-state index contributed by atoms with van der Waals surface area (Å²) in [6.07, 6.45) is 8.07. The largest absolute Gasteiger partial charge is 0.468 e. The molecule has 1 aromatic carbocycles. The lowest BCUT2D eigenvalue weighted by Gasteiger charge is -2.29. The molecule has 3 heterocycles. The molecule has 34 heavy (non-hydrogen) atoms. The van der Waals surface area contributed by atoms with Crippen LogP contribution in [0.25, 0.3) is 27.8 Å². The van der Waals surface area contributed by atoms with Crippen molar-refractivity contribution in [1.82, 2.24) is 24.9 Å². The number of H-pyrrole nitrogens is 1. The number of carbonyl (C=O) groups is 1. The van der Waals surface area contributed by atoms with E-state index in [4.69, 9.17) is 4.74 Å². The standard InChI is InChI=1S/C27H33N5O2/c1-16(2)25-22-12-19(18-5-8-21(9-6-18)28-13-24(33)34-4)7-10-23(22)31-26(25)20-11-17(3)27-29-15-30-32(27)14-20/h7,10-12,14-16,18,21,28,31H,5-6,8-9,13H2,1-4H3. The molecule has 1 aliphatic rings. The van der Waals surface area contributed by atoms with E-state index < -0.39 is 0 Å². The molecule has 3 aromatic heterocycles. The average Bonchev–Trinajstić information content (AvgIpc) is 3.47. The number of nitrogens with one attached hydrogen (secondary N) is 2. The van der Waals surface area contributed by atoms with Crippen molar-refractivity contribution in [1.29, 1.82) is 0 Å². The molecule has 0 aliphatic heterocycles. The minimum atomic E-state index is -0.199. The Hall–Kier alpha value is -3.19. The Balaban J connectivity index is 1.43. The Morgan fingerprint density at radius 3 is 2.76 bits per heavy atom. The molecule has 0 spiro atoms. The van der Waals surface area contributed by atoms with Crippen molar-refractivity contribution in [2.45, 2.75) is 64.3 Å². The Bertz CT molecular complexity index is 1330. The predicted molar refractivity (Wildman–Crippen MR) is 134 cm³/mol. The van der Waals surface area contributed by atoms with Crippen LogP contribution in [-0.2, 0) is 9.53 Å². The average molecular weight is 460 g/mol. The fourth-order valence-electron chi connectivity index (χ4n) is 5.47. The van der Waals surface area contributed by atoms with Crippen LogP contribution in [0.3, 0.4) is 0 Å². The van der Waals surface area contributed by atoms with E-state index in [-0.39, 0.29) is 5.97 Å². The van der Waals surface area contributed by atoms with Gasteiger partial charge in [0.25, 0.3) is 0 Å². The molecule has 7 nitrogen and oxygen atoms in total. The number of pyridine rings is 1. The lowest BCUT2D eigenvalue weighted by molar-refractivity contribution is -0.139. The first-order valence-corrected chi connectivity index (χ1v) is 12.2. The molecule has 5 rings (SSSR count). The van der Waals surface area contributed by atoms with Gasteiger partial charge in [0.1, 0.15) is 6.33 Å². The van der Waals surface area contributed by atoms with Gasteiger partial charge in [0.2, 0.25) is 0 Å². The summed E-state index contributed by atoms with van der Waals surface area (Å²) in [5.41, 5.74) is 8.24. The third-order valence-electron chi connectivity index (χ3n) is 7.25. The van der Waals surface area contributed by atoms with E-state index in [1.165, 1.54) is 34.8 Å². The van der Waals surface area contributed by atoms with Crippen molar-refractivity contribution in [3.63, 3.8) is 0 Å². The summed E-state index contributed by atoms with van der Waals surface area (Å²) in [5.74, 6) is 0.729. The molecule has 0 atom stereocenters. The van der Waals surface area contributed by atoms with Crippen LogP contribution in [0.4, 0.5) is 0 Å². The summed E-state index contributed by atoms with van der Waals surface area (Å²) in [7, 11) is 1.43. The monoisotopic (exact) mass is 459 g/mol. The first kappa shape index (κ1) is 22.6. The summed E-state index contributed by atoms with van der Waals surface area (Å²) in [6, 6.07) is 9.51. The molecule has 1 fully saturated rings. The number of aromatic amines is 1. The van der Waals surface area contributed by atoms with Crippen molar-refractivity contribution in [3.05, 3.63) is 53.5 Å². The second kappa shape index (κ2) is 9.22. The van der Waals surface area contributed by atoms with Crippen molar-refractivity contribution in [2.75, 3.05) is 13.7 Å². The summed E-state index contributed by atoms with van der Waals surface area (Å²) >= 11 is 0. The zero-order chi connectivity index (χ0) is 23.8. The van der Waals surface area contributed by atoms with E-state index in [2.05, 4.69) is 71.6 Å². The van der Waals surface area contributed by atoms with Crippen molar-refractivity contribution < 1.29 is 9.53 Å². The molecule has 4 aromatic rings. The number of esters is 1. The Morgan fingerprint density at radius 2 is 2.03 bits per heavy atom. The van der Waals surface area contributed by atoms with Crippen molar-refractivity contribution in [2.24, 2.45) is 0 Å². The van der Waals surface area contributed by atoms with Crippen LogP contribution in [0.5, 0.6) is 0 Å². The van der Waals surface area contributed by atoms with Crippen LogP contribution in [0.15, 0.2) is 36.8 Å². The second-order valence-corrected chi connectivity index (χ2v) is 9.82. The third kappa shape index (κ3) is 4.20. The maximum absolute atomic E-state index is 11.4. The highest BCUT2D eigenvalue weighted by Gasteiger charge is 2.24. The van der Waals surface area contributed by atoms with E-state index in [0.717, 1.165) is 42.5 Å². The first-order chi connectivity index (χ1) is 16.4. The van der Waals surface area contributed by atoms with Gasteiger partial charge in [0.05, 0.1) is 19.3 Å². The third-order valence-corrected chi connectivity index (χ3v) is 7.25. The first-order valence-electron chi connectivity index (χ1n) is 12.2. The Morgan fingerprint density at radius 1 is 1.24 bits per heavy atom. The number of fused-ring (bicyclic) bond motifs is 2. The fraction of sp³-hybridized carbons (Fsp3) is 0.444. The van der Waals surface area contributed by atoms with Crippen LogP contribution in [0.1, 0.15) is 68.1 Å². The molecule has 0 saturated heterocycles. The number of aromatic nitrogens is 4. The molecular formula is C27H33N5O2. The van der Waals surface area contributed by atoms with Gasteiger partial charge in [0, 0.05) is 28.7 Å². The number of hydrogen-bond acceptors (Lipinski definition) is 5. The molecule has 7 heteroatoms. The van der Waals surface area contributed by atoms with Crippen LogP contribution >= 0.6 is 0 Å². The van der Waals surface area contributed by atoms with E-state index in [1.807, 2.05) is 4.52 Å². The predicted octanol–water partition coefficient (Wildman–Crippen LogP) is 5.10. The molecule has 1 aliphatic carbocycles. The number of nitrogens with zero attached hydrogens (tertiary/aromatic N) is 3. The maximum atomic E-state index is 11.4. The topological polar surface area (TPSA) is 84.3 Å². The van der Waals surface area contributed by atoms with Crippen molar-refractivity contribution >= 4 is 22.5 Å². The molecule has 0 amide bonds. The fourth-order valence-corrected chi connectivity index (χ4v) is 5.47. The van der Waals surface area contributed by atoms with Gasteiger partial charge in [-0.05, 0) is 79.3 Å². The van der Waals surface area contributed by atoms with Crippen LogP contribution < -0.4 is 5.32 Å². The summed E-state index contributed by atoms with van der Waals surface area (Å²) < 4.78 is 6.61. The summed E-state index contributed by atoms with van der Waals surface area (Å²) in [6.45, 7) is 6.90. The minimum absolute atomic E-state index is 0.199. The number of carbonyl (C=O) groups excluding carboxylic acids is 1.